The molecule has 2 aromatic carbocycles. The molecule has 1 N–H and O–H groups in total. The number of carbonyl (C=O) groups excluding carboxylic acids is 1. The number of benzene rings is 2. The van der Waals surface area contributed by atoms with Crippen LogP contribution in [0, 0.1) is 5.92 Å². The third kappa shape index (κ3) is 5.64. The van der Waals surface area contributed by atoms with Crippen molar-refractivity contribution in [3.05, 3.63) is 88.3 Å². The Labute approximate surface area is 170 Å². The molecule has 0 aliphatic rings. The third-order valence-corrected chi connectivity index (χ3v) is 4.38. The first-order chi connectivity index (χ1) is 13.5. The van der Waals surface area contributed by atoms with Gasteiger partial charge in [-0.25, -0.2) is 0 Å². The summed E-state index contributed by atoms with van der Waals surface area (Å²) < 4.78 is 11.6. The topological polar surface area (TPSA) is 51.5 Å². The summed E-state index contributed by atoms with van der Waals surface area (Å²) in [5.41, 5.74) is 1.97. The van der Waals surface area contributed by atoms with Crippen LogP contribution < -0.4 is 10.1 Å². The Morgan fingerprint density at radius 3 is 2.64 bits per heavy atom. The second kappa shape index (κ2) is 9.47. The summed E-state index contributed by atoms with van der Waals surface area (Å²) in [6.07, 6.45) is 0.500. The van der Waals surface area contributed by atoms with Gasteiger partial charge in [0.25, 0.3) is 5.91 Å². The minimum atomic E-state index is -0.238. The number of hydrogen-bond acceptors (Lipinski definition) is 3. The molecule has 0 unspecified atom stereocenters. The molecule has 0 saturated carbocycles. The normalized spacial score (nSPS) is 10.9. The van der Waals surface area contributed by atoms with Crippen molar-refractivity contribution in [2.24, 2.45) is 5.92 Å². The lowest BCUT2D eigenvalue weighted by Gasteiger charge is -2.13. The fraction of sp³-hybridized carbons (Fsp3) is 0.261. The van der Waals surface area contributed by atoms with Crippen molar-refractivity contribution >= 4 is 17.5 Å². The number of halogens is 1. The van der Waals surface area contributed by atoms with E-state index in [1.807, 2.05) is 54.6 Å². The first-order valence-electron chi connectivity index (χ1n) is 9.33. The Kier molecular flexibility index (Phi) is 6.77. The molecule has 4 nitrogen and oxygen atoms in total. The number of hydrogen-bond donors (Lipinski definition) is 1. The van der Waals surface area contributed by atoms with Crippen LogP contribution in [0.25, 0.3) is 0 Å². The van der Waals surface area contributed by atoms with Crippen LogP contribution in [0.15, 0.2) is 65.1 Å². The Morgan fingerprint density at radius 1 is 1.11 bits per heavy atom. The molecule has 0 aliphatic carbocycles. The van der Waals surface area contributed by atoms with Gasteiger partial charge in [0.2, 0.25) is 0 Å². The fourth-order valence-corrected chi connectivity index (χ4v) is 2.93. The average molecular weight is 398 g/mol. The molecule has 0 aliphatic heterocycles. The second-order valence-electron chi connectivity index (χ2n) is 7.07. The van der Waals surface area contributed by atoms with Crippen LogP contribution in [0.3, 0.4) is 0 Å². The van der Waals surface area contributed by atoms with Crippen LogP contribution in [0.5, 0.6) is 5.75 Å². The van der Waals surface area contributed by atoms with Crippen LogP contribution in [0.4, 0.5) is 0 Å². The van der Waals surface area contributed by atoms with E-state index in [1.165, 1.54) is 0 Å². The van der Waals surface area contributed by atoms with Gasteiger partial charge in [-0.15, -0.1) is 0 Å². The maximum absolute atomic E-state index is 12.3. The van der Waals surface area contributed by atoms with Gasteiger partial charge < -0.3 is 14.5 Å². The first-order valence-corrected chi connectivity index (χ1v) is 9.71. The molecule has 0 radical (unpaired) electrons. The Morgan fingerprint density at radius 2 is 1.89 bits per heavy atom. The molecule has 3 aromatic rings. The molecule has 1 aromatic heterocycles. The smallest absolute Gasteiger partial charge is 0.287 e. The lowest BCUT2D eigenvalue weighted by atomic mass is 10.1. The minimum absolute atomic E-state index is 0.238. The largest absolute Gasteiger partial charge is 0.493 e. The van der Waals surface area contributed by atoms with Crippen molar-refractivity contribution < 1.29 is 13.9 Å². The SMILES string of the molecule is CC(C)COc1ccc(Cl)cc1Cc1ccc(C(=O)NCc2ccccc2)o1. The van der Waals surface area contributed by atoms with Gasteiger partial charge in [-0.3, -0.25) is 4.79 Å². The number of carbonyl (C=O) groups is 1. The van der Waals surface area contributed by atoms with E-state index in [1.54, 1.807) is 6.07 Å². The highest BCUT2D eigenvalue weighted by Crippen LogP contribution is 2.26. The van der Waals surface area contributed by atoms with Crippen LogP contribution in [-0.2, 0) is 13.0 Å². The van der Waals surface area contributed by atoms with Crippen LogP contribution in [-0.4, -0.2) is 12.5 Å². The third-order valence-electron chi connectivity index (χ3n) is 4.14. The Balaban J connectivity index is 1.65. The maximum atomic E-state index is 12.3. The van der Waals surface area contributed by atoms with E-state index in [0.29, 0.717) is 36.3 Å². The van der Waals surface area contributed by atoms with E-state index in [9.17, 15) is 4.79 Å². The minimum Gasteiger partial charge on any atom is -0.493 e. The molecule has 1 heterocycles. The summed E-state index contributed by atoms with van der Waals surface area (Å²) in [6, 6.07) is 18.8. The average Bonchev–Trinajstić information content (AvgIpc) is 3.15. The molecule has 0 saturated heterocycles. The summed E-state index contributed by atoms with van der Waals surface area (Å²) >= 11 is 6.15. The van der Waals surface area contributed by atoms with E-state index < -0.39 is 0 Å². The Hall–Kier alpha value is -2.72. The van der Waals surface area contributed by atoms with Gasteiger partial charge in [0.1, 0.15) is 11.5 Å². The zero-order valence-corrected chi connectivity index (χ0v) is 16.8. The standard InChI is InChI=1S/C23H24ClNO3/c1-16(2)15-27-21-10-8-19(24)12-18(21)13-20-9-11-22(28-20)23(26)25-14-17-6-4-3-5-7-17/h3-12,16H,13-15H2,1-2H3,(H,25,26). The summed E-state index contributed by atoms with van der Waals surface area (Å²) in [7, 11) is 0. The quantitative estimate of drug-likeness (QED) is 0.546. The Bertz CT molecular complexity index is 919. The van der Waals surface area contributed by atoms with Gasteiger partial charge in [-0.05, 0) is 41.8 Å². The van der Waals surface area contributed by atoms with Gasteiger partial charge in [0, 0.05) is 23.6 Å². The molecular weight excluding hydrogens is 374 g/mol. The lowest BCUT2D eigenvalue weighted by Crippen LogP contribution is -2.22. The first kappa shape index (κ1) is 20.0. The fourth-order valence-electron chi connectivity index (χ4n) is 2.73. The molecule has 5 heteroatoms. The number of nitrogens with one attached hydrogen (secondary N) is 1. The van der Waals surface area contributed by atoms with Gasteiger partial charge in [-0.2, -0.15) is 0 Å². The molecule has 0 bridgehead atoms. The van der Waals surface area contributed by atoms with Crippen LogP contribution in [0.1, 0.15) is 41.3 Å². The van der Waals surface area contributed by atoms with Crippen molar-refractivity contribution in [1.82, 2.24) is 5.32 Å². The van der Waals surface area contributed by atoms with E-state index in [4.69, 9.17) is 20.8 Å². The maximum Gasteiger partial charge on any atom is 0.287 e. The highest BCUT2D eigenvalue weighted by molar-refractivity contribution is 6.30. The van der Waals surface area contributed by atoms with Gasteiger partial charge in [0.15, 0.2) is 5.76 Å². The highest BCUT2D eigenvalue weighted by Gasteiger charge is 2.14. The molecule has 0 fully saturated rings. The summed E-state index contributed by atoms with van der Waals surface area (Å²) in [4.78, 5) is 12.3. The number of rotatable bonds is 8. The molecule has 1 amide bonds. The van der Waals surface area contributed by atoms with E-state index in [-0.39, 0.29) is 11.7 Å². The predicted molar refractivity (Wildman–Crippen MR) is 111 cm³/mol. The molecule has 0 atom stereocenters. The zero-order chi connectivity index (χ0) is 19.9. The molecular formula is C23H24ClNO3. The number of ether oxygens (including phenoxy) is 1. The van der Waals surface area contributed by atoms with E-state index in [0.717, 1.165) is 16.9 Å². The van der Waals surface area contributed by atoms with Crippen molar-refractivity contribution in [3.63, 3.8) is 0 Å². The zero-order valence-electron chi connectivity index (χ0n) is 16.1. The second-order valence-corrected chi connectivity index (χ2v) is 7.50. The molecule has 0 spiro atoms. The van der Waals surface area contributed by atoms with E-state index in [2.05, 4.69) is 19.2 Å². The molecule has 146 valence electrons. The van der Waals surface area contributed by atoms with Gasteiger partial charge >= 0.3 is 0 Å². The van der Waals surface area contributed by atoms with Gasteiger partial charge in [0.05, 0.1) is 6.61 Å². The van der Waals surface area contributed by atoms with Crippen LogP contribution >= 0.6 is 11.6 Å². The van der Waals surface area contributed by atoms with Crippen molar-refractivity contribution in [2.45, 2.75) is 26.8 Å². The monoisotopic (exact) mass is 397 g/mol. The summed E-state index contributed by atoms with van der Waals surface area (Å²) in [6.45, 7) is 5.28. The van der Waals surface area contributed by atoms with Crippen molar-refractivity contribution in [1.29, 1.82) is 0 Å². The molecule has 28 heavy (non-hydrogen) atoms. The summed E-state index contributed by atoms with van der Waals surface area (Å²) in [5.74, 6) is 1.94. The predicted octanol–water partition coefficient (Wildman–Crippen LogP) is 5.49. The van der Waals surface area contributed by atoms with Crippen molar-refractivity contribution in [2.75, 3.05) is 6.61 Å². The highest BCUT2D eigenvalue weighted by atomic mass is 35.5. The number of furan rings is 1. The van der Waals surface area contributed by atoms with Crippen molar-refractivity contribution in [3.8, 4) is 5.75 Å². The number of amides is 1. The van der Waals surface area contributed by atoms with E-state index >= 15 is 0 Å². The van der Waals surface area contributed by atoms with Crippen LogP contribution in [0.2, 0.25) is 5.02 Å². The summed E-state index contributed by atoms with van der Waals surface area (Å²) in [5, 5.41) is 3.51. The molecule has 3 rings (SSSR count). The lowest BCUT2D eigenvalue weighted by molar-refractivity contribution is 0.0921. The van der Waals surface area contributed by atoms with Gasteiger partial charge in [-0.1, -0.05) is 55.8 Å².